The van der Waals surface area contributed by atoms with Gasteiger partial charge in [0.2, 0.25) is 0 Å². The third-order valence-electron chi connectivity index (χ3n) is 4.11. The number of fused-ring (bicyclic) bond motifs is 2. The molecule has 3 rings (SSSR count). The molecular weight excluding hydrogens is 316 g/mol. The summed E-state index contributed by atoms with van der Waals surface area (Å²) in [6.45, 7) is 7.32. The summed E-state index contributed by atoms with van der Waals surface area (Å²) in [5, 5.41) is 3.46. The number of nitrogens with one attached hydrogen (secondary N) is 1. The molecule has 0 amide bonds. The average Bonchev–Trinajstić information content (AvgIpc) is 2.75. The van der Waals surface area contributed by atoms with Gasteiger partial charge in [0.15, 0.2) is 0 Å². The van der Waals surface area contributed by atoms with Crippen LogP contribution in [-0.4, -0.2) is 31.3 Å². The quantitative estimate of drug-likeness (QED) is 0.911. The van der Waals surface area contributed by atoms with Crippen LogP contribution in [0.15, 0.2) is 22.7 Å². The summed E-state index contributed by atoms with van der Waals surface area (Å²) in [6, 6.07) is 7.23. The smallest absolute Gasteiger partial charge is 0.0755 e. The minimum atomic E-state index is 0.433. The van der Waals surface area contributed by atoms with Crippen molar-refractivity contribution in [1.29, 1.82) is 0 Å². The summed E-state index contributed by atoms with van der Waals surface area (Å²) in [7, 11) is 0. The highest BCUT2D eigenvalue weighted by atomic mass is 79.9. The fraction of sp³-hybridized carbons (Fsp3) is 0.625. The highest BCUT2D eigenvalue weighted by Gasteiger charge is 2.34. The van der Waals surface area contributed by atoms with Gasteiger partial charge in [0, 0.05) is 30.1 Å². The van der Waals surface area contributed by atoms with Crippen LogP contribution in [0.2, 0.25) is 0 Å². The van der Waals surface area contributed by atoms with E-state index < -0.39 is 0 Å². The van der Waals surface area contributed by atoms with Gasteiger partial charge in [0.25, 0.3) is 0 Å². The van der Waals surface area contributed by atoms with Crippen LogP contribution in [0.3, 0.4) is 0 Å². The van der Waals surface area contributed by atoms with Crippen molar-refractivity contribution in [3.63, 3.8) is 0 Å². The molecule has 4 heteroatoms. The second-order valence-corrected chi connectivity index (χ2v) is 7.04. The Labute approximate surface area is 129 Å². The maximum Gasteiger partial charge on any atom is 0.0755 e. The SMILES string of the molecule is CC(C)NCc1ccc(N2CC3CCC(C2)O3)c(Br)c1. The van der Waals surface area contributed by atoms with E-state index in [4.69, 9.17) is 4.74 Å². The molecule has 0 aromatic heterocycles. The van der Waals surface area contributed by atoms with E-state index in [0.717, 1.165) is 19.6 Å². The van der Waals surface area contributed by atoms with E-state index in [0.29, 0.717) is 18.2 Å². The predicted octanol–water partition coefficient (Wildman–Crippen LogP) is 3.31. The molecule has 2 bridgehead atoms. The number of hydrogen-bond acceptors (Lipinski definition) is 3. The first kappa shape index (κ1) is 14.4. The Balaban J connectivity index is 1.71. The Bertz CT molecular complexity index is 466. The van der Waals surface area contributed by atoms with Gasteiger partial charge in [-0.3, -0.25) is 0 Å². The zero-order valence-corrected chi connectivity index (χ0v) is 13.8. The zero-order valence-electron chi connectivity index (χ0n) is 12.2. The molecule has 0 radical (unpaired) electrons. The highest BCUT2D eigenvalue weighted by molar-refractivity contribution is 9.10. The van der Waals surface area contributed by atoms with Crippen LogP contribution in [0.5, 0.6) is 0 Å². The van der Waals surface area contributed by atoms with E-state index in [1.807, 2.05) is 0 Å². The van der Waals surface area contributed by atoms with Crippen molar-refractivity contribution in [3.05, 3.63) is 28.2 Å². The topological polar surface area (TPSA) is 24.5 Å². The third-order valence-corrected chi connectivity index (χ3v) is 4.75. The summed E-state index contributed by atoms with van der Waals surface area (Å²) >= 11 is 3.74. The molecule has 3 nitrogen and oxygen atoms in total. The van der Waals surface area contributed by atoms with Gasteiger partial charge in [0.05, 0.1) is 17.9 Å². The van der Waals surface area contributed by atoms with E-state index in [-0.39, 0.29) is 0 Å². The van der Waals surface area contributed by atoms with Crippen LogP contribution in [0.25, 0.3) is 0 Å². The zero-order chi connectivity index (χ0) is 14.1. The van der Waals surface area contributed by atoms with E-state index in [1.165, 1.54) is 28.6 Å². The Hall–Kier alpha value is -0.580. The van der Waals surface area contributed by atoms with Crippen LogP contribution in [0.1, 0.15) is 32.3 Å². The molecule has 0 saturated carbocycles. The molecule has 2 unspecified atom stereocenters. The number of morpholine rings is 1. The van der Waals surface area contributed by atoms with Crippen LogP contribution in [0, 0.1) is 0 Å². The number of hydrogen-bond donors (Lipinski definition) is 1. The van der Waals surface area contributed by atoms with E-state index in [1.54, 1.807) is 0 Å². The van der Waals surface area contributed by atoms with Gasteiger partial charge in [-0.2, -0.15) is 0 Å². The van der Waals surface area contributed by atoms with Crippen LogP contribution < -0.4 is 10.2 Å². The van der Waals surface area contributed by atoms with Crippen molar-refractivity contribution in [1.82, 2.24) is 5.32 Å². The van der Waals surface area contributed by atoms with Gasteiger partial charge in [-0.25, -0.2) is 0 Å². The van der Waals surface area contributed by atoms with E-state index in [2.05, 4.69) is 58.2 Å². The summed E-state index contributed by atoms with van der Waals surface area (Å²) < 4.78 is 7.11. The molecule has 20 heavy (non-hydrogen) atoms. The Morgan fingerprint density at radius 1 is 1.30 bits per heavy atom. The highest BCUT2D eigenvalue weighted by Crippen LogP contribution is 2.34. The molecule has 2 atom stereocenters. The average molecular weight is 339 g/mol. The molecule has 2 aliphatic rings. The summed E-state index contributed by atoms with van der Waals surface area (Å²) in [5.74, 6) is 0. The number of halogens is 1. The van der Waals surface area contributed by atoms with Crippen molar-refractivity contribution < 1.29 is 4.74 Å². The maximum atomic E-state index is 5.91. The third kappa shape index (κ3) is 3.18. The molecule has 110 valence electrons. The molecule has 1 aromatic rings. The van der Waals surface area contributed by atoms with Gasteiger partial charge < -0.3 is 15.0 Å². The maximum absolute atomic E-state index is 5.91. The van der Waals surface area contributed by atoms with Crippen molar-refractivity contribution in [3.8, 4) is 0 Å². The second kappa shape index (κ2) is 6.04. The molecule has 1 aromatic carbocycles. The van der Waals surface area contributed by atoms with E-state index in [9.17, 15) is 0 Å². The van der Waals surface area contributed by atoms with Crippen molar-refractivity contribution in [2.24, 2.45) is 0 Å². The molecule has 1 N–H and O–H groups in total. The number of nitrogens with zero attached hydrogens (tertiary/aromatic N) is 1. The normalized spacial score (nSPS) is 25.5. The molecule has 0 aliphatic carbocycles. The lowest BCUT2D eigenvalue weighted by atomic mass is 10.1. The summed E-state index contributed by atoms with van der Waals surface area (Å²) in [4.78, 5) is 2.47. The van der Waals surface area contributed by atoms with Crippen molar-refractivity contribution in [2.75, 3.05) is 18.0 Å². The first-order chi connectivity index (χ1) is 9.61. The van der Waals surface area contributed by atoms with Gasteiger partial charge in [-0.15, -0.1) is 0 Å². The number of rotatable bonds is 4. The lowest BCUT2D eigenvalue weighted by molar-refractivity contribution is 0.0304. The van der Waals surface area contributed by atoms with Crippen LogP contribution >= 0.6 is 15.9 Å². The second-order valence-electron chi connectivity index (χ2n) is 6.18. The first-order valence-electron chi connectivity index (χ1n) is 7.54. The van der Waals surface area contributed by atoms with Gasteiger partial charge in [-0.05, 0) is 46.5 Å². The lowest BCUT2D eigenvalue weighted by Crippen LogP contribution is -2.42. The van der Waals surface area contributed by atoms with Crippen molar-refractivity contribution in [2.45, 2.75) is 51.5 Å². The number of benzene rings is 1. The van der Waals surface area contributed by atoms with Gasteiger partial charge in [0.1, 0.15) is 0 Å². The minimum Gasteiger partial charge on any atom is -0.371 e. The summed E-state index contributed by atoms with van der Waals surface area (Å²) in [6.07, 6.45) is 3.30. The monoisotopic (exact) mass is 338 g/mol. The van der Waals surface area contributed by atoms with Crippen molar-refractivity contribution >= 4 is 21.6 Å². The van der Waals surface area contributed by atoms with Crippen LogP contribution in [0.4, 0.5) is 5.69 Å². The molecule has 2 saturated heterocycles. The van der Waals surface area contributed by atoms with Crippen LogP contribution in [-0.2, 0) is 11.3 Å². The minimum absolute atomic E-state index is 0.433. The largest absolute Gasteiger partial charge is 0.371 e. The number of ether oxygens (including phenoxy) is 1. The lowest BCUT2D eigenvalue weighted by Gasteiger charge is -2.34. The Kier molecular flexibility index (Phi) is 4.34. The molecule has 2 heterocycles. The molecular formula is C16H23BrN2O. The first-order valence-corrected chi connectivity index (χ1v) is 8.33. The molecule has 2 aliphatic heterocycles. The standard InChI is InChI=1S/C16H23BrN2O/c1-11(2)18-8-12-3-6-16(15(17)7-12)19-9-13-4-5-14(10-19)20-13/h3,6-7,11,13-14,18H,4-5,8-10H2,1-2H3. The fourth-order valence-electron chi connectivity index (χ4n) is 3.05. The molecule has 2 fully saturated rings. The van der Waals surface area contributed by atoms with Gasteiger partial charge in [-0.1, -0.05) is 19.9 Å². The number of anilines is 1. The summed E-state index contributed by atoms with van der Waals surface area (Å²) in [5.41, 5.74) is 2.63. The Morgan fingerprint density at radius 2 is 2.00 bits per heavy atom. The molecule has 0 spiro atoms. The fourth-order valence-corrected chi connectivity index (χ4v) is 3.73. The van der Waals surface area contributed by atoms with E-state index >= 15 is 0 Å². The predicted molar refractivity (Wildman–Crippen MR) is 86.2 cm³/mol. The Morgan fingerprint density at radius 3 is 2.60 bits per heavy atom. The van der Waals surface area contributed by atoms with Gasteiger partial charge >= 0.3 is 0 Å².